The van der Waals surface area contributed by atoms with Gasteiger partial charge in [-0.25, -0.2) is 0 Å². The van der Waals surface area contributed by atoms with Crippen LogP contribution < -0.4 is 4.90 Å². The number of hydrogen-bond donors (Lipinski definition) is 0. The molecule has 6 nitrogen and oxygen atoms in total. The number of ether oxygens (including phenoxy) is 1. The SMILES string of the molecule is O=C1CC(CS(=O)(=O)F)CN1c1ccccc1CN1CCOCC1. The first-order chi connectivity index (χ1) is 11.4. The minimum atomic E-state index is -4.57. The maximum Gasteiger partial charge on any atom is 0.302 e. The van der Waals surface area contributed by atoms with Gasteiger partial charge in [-0.1, -0.05) is 18.2 Å². The van der Waals surface area contributed by atoms with Crippen LogP contribution in [0.1, 0.15) is 12.0 Å². The fourth-order valence-corrected chi connectivity index (χ4v) is 4.10. The number of amides is 1. The number of rotatable bonds is 5. The standard InChI is InChI=1S/C16H21FN2O4S/c17-24(21,22)12-13-9-16(20)19(10-13)15-4-2-1-3-14(15)11-18-5-7-23-8-6-18/h1-4,13H,5-12H2. The van der Waals surface area contributed by atoms with Gasteiger partial charge >= 0.3 is 10.2 Å². The second kappa shape index (κ2) is 7.16. The molecule has 0 N–H and O–H groups in total. The number of morpholine rings is 1. The highest BCUT2D eigenvalue weighted by Crippen LogP contribution is 2.30. The molecule has 0 spiro atoms. The Balaban J connectivity index is 1.75. The minimum absolute atomic E-state index is 0.0645. The third-order valence-electron chi connectivity index (χ3n) is 4.42. The normalized spacial score (nSPS) is 23.0. The molecule has 2 saturated heterocycles. The monoisotopic (exact) mass is 356 g/mol. The van der Waals surface area contributed by atoms with Gasteiger partial charge in [0.1, 0.15) is 0 Å². The van der Waals surface area contributed by atoms with Crippen LogP contribution in [-0.4, -0.2) is 57.8 Å². The second-order valence-corrected chi connectivity index (χ2v) is 7.71. The molecule has 1 aromatic rings. The van der Waals surface area contributed by atoms with Gasteiger partial charge in [-0.2, -0.15) is 8.42 Å². The maximum absolute atomic E-state index is 12.9. The van der Waals surface area contributed by atoms with Gasteiger partial charge in [0.25, 0.3) is 0 Å². The van der Waals surface area contributed by atoms with Crippen molar-refractivity contribution in [2.45, 2.75) is 13.0 Å². The van der Waals surface area contributed by atoms with Crippen molar-refractivity contribution in [2.24, 2.45) is 5.92 Å². The van der Waals surface area contributed by atoms with Crippen LogP contribution in [-0.2, 0) is 26.3 Å². The molecule has 2 heterocycles. The van der Waals surface area contributed by atoms with Crippen LogP contribution in [0.3, 0.4) is 0 Å². The number of para-hydroxylation sites is 1. The van der Waals surface area contributed by atoms with Crippen LogP contribution in [0.15, 0.2) is 24.3 Å². The lowest BCUT2D eigenvalue weighted by Gasteiger charge is -2.28. The molecule has 0 bridgehead atoms. The zero-order valence-electron chi connectivity index (χ0n) is 13.4. The van der Waals surface area contributed by atoms with E-state index in [0.717, 1.165) is 24.3 Å². The van der Waals surface area contributed by atoms with Gasteiger partial charge in [0.2, 0.25) is 5.91 Å². The molecule has 3 rings (SSSR count). The summed E-state index contributed by atoms with van der Waals surface area (Å²) in [7, 11) is -4.57. The zero-order chi connectivity index (χ0) is 17.2. The Bertz CT molecular complexity index is 704. The average molecular weight is 356 g/mol. The molecule has 2 aliphatic heterocycles. The first-order valence-electron chi connectivity index (χ1n) is 8.03. The molecule has 1 amide bonds. The van der Waals surface area contributed by atoms with E-state index in [2.05, 4.69) is 4.90 Å². The number of carbonyl (C=O) groups is 1. The molecule has 1 atom stereocenters. The number of nitrogens with zero attached hydrogens (tertiary/aromatic N) is 2. The van der Waals surface area contributed by atoms with Crippen molar-refractivity contribution in [3.8, 4) is 0 Å². The van der Waals surface area contributed by atoms with E-state index < -0.39 is 21.9 Å². The summed E-state index contributed by atoms with van der Waals surface area (Å²) >= 11 is 0. The average Bonchev–Trinajstić information content (AvgIpc) is 2.87. The highest BCUT2D eigenvalue weighted by atomic mass is 32.3. The number of carbonyl (C=O) groups excluding carboxylic acids is 1. The Morgan fingerprint density at radius 3 is 2.62 bits per heavy atom. The lowest BCUT2D eigenvalue weighted by atomic mass is 10.1. The van der Waals surface area contributed by atoms with Gasteiger partial charge in [0.15, 0.2) is 0 Å². The summed E-state index contributed by atoms with van der Waals surface area (Å²) in [5.74, 6) is -1.25. The second-order valence-electron chi connectivity index (χ2n) is 6.30. The van der Waals surface area contributed by atoms with Crippen molar-refractivity contribution in [3.05, 3.63) is 29.8 Å². The van der Waals surface area contributed by atoms with Gasteiger partial charge in [-0.3, -0.25) is 9.69 Å². The van der Waals surface area contributed by atoms with Crippen LogP contribution in [0.2, 0.25) is 0 Å². The van der Waals surface area contributed by atoms with E-state index >= 15 is 0 Å². The van der Waals surface area contributed by atoms with Crippen molar-refractivity contribution in [1.82, 2.24) is 4.90 Å². The van der Waals surface area contributed by atoms with Gasteiger partial charge < -0.3 is 9.64 Å². The molecule has 2 aliphatic rings. The molecule has 1 aromatic carbocycles. The van der Waals surface area contributed by atoms with E-state index in [1.807, 2.05) is 24.3 Å². The molecular weight excluding hydrogens is 335 g/mol. The van der Waals surface area contributed by atoms with Crippen molar-refractivity contribution in [3.63, 3.8) is 0 Å². The third kappa shape index (κ3) is 4.31. The van der Waals surface area contributed by atoms with Gasteiger partial charge in [0, 0.05) is 44.2 Å². The lowest BCUT2D eigenvalue weighted by molar-refractivity contribution is -0.117. The van der Waals surface area contributed by atoms with Crippen molar-refractivity contribution in [2.75, 3.05) is 43.5 Å². The number of benzene rings is 1. The van der Waals surface area contributed by atoms with E-state index in [1.165, 1.54) is 0 Å². The lowest BCUT2D eigenvalue weighted by Crippen LogP contribution is -2.36. The Kier molecular flexibility index (Phi) is 5.17. The summed E-state index contributed by atoms with van der Waals surface area (Å²) < 4.78 is 40.0. The van der Waals surface area contributed by atoms with E-state index in [9.17, 15) is 17.1 Å². The predicted molar refractivity (Wildman–Crippen MR) is 87.9 cm³/mol. The maximum atomic E-state index is 12.9. The van der Waals surface area contributed by atoms with Crippen molar-refractivity contribution in [1.29, 1.82) is 0 Å². The van der Waals surface area contributed by atoms with Crippen LogP contribution in [0, 0.1) is 5.92 Å². The van der Waals surface area contributed by atoms with Crippen LogP contribution in [0.5, 0.6) is 0 Å². The highest BCUT2D eigenvalue weighted by Gasteiger charge is 2.34. The molecule has 2 fully saturated rings. The van der Waals surface area contributed by atoms with E-state index in [1.54, 1.807) is 4.90 Å². The smallest absolute Gasteiger partial charge is 0.302 e. The van der Waals surface area contributed by atoms with Crippen molar-refractivity contribution >= 4 is 21.8 Å². The fourth-order valence-electron chi connectivity index (χ4n) is 3.32. The van der Waals surface area contributed by atoms with Gasteiger partial charge in [-0.15, -0.1) is 3.89 Å². The molecule has 1 unspecified atom stereocenters. The van der Waals surface area contributed by atoms with Crippen LogP contribution in [0.25, 0.3) is 0 Å². The Hall–Kier alpha value is -1.51. The van der Waals surface area contributed by atoms with E-state index in [4.69, 9.17) is 4.74 Å². The van der Waals surface area contributed by atoms with E-state index in [0.29, 0.717) is 19.8 Å². The molecule has 24 heavy (non-hydrogen) atoms. The quantitative estimate of drug-likeness (QED) is 0.741. The summed E-state index contributed by atoms with van der Waals surface area (Å²) in [6, 6.07) is 7.60. The third-order valence-corrected chi connectivity index (χ3v) is 5.29. The minimum Gasteiger partial charge on any atom is -0.379 e. The first kappa shape index (κ1) is 17.3. The molecule has 0 radical (unpaired) electrons. The Morgan fingerprint density at radius 2 is 1.92 bits per heavy atom. The summed E-state index contributed by atoms with van der Waals surface area (Å²) in [5, 5.41) is 0. The molecule has 0 aliphatic carbocycles. The first-order valence-corrected chi connectivity index (χ1v) is 9.58. The van der Waals surface area contributed by atoms with Crippen LogP contribution >= 0.6 is 0 Å². The summed E-state index contributed by atoms with van der Waals surface area (Å²) in [6.07, 6.45) is 0.0645. The molecular formula is C16H21FN2O4S. The number of anilines is 1. The summed E-state index contributed by atoms with van der Waals surface area (Å²) in [6.45, 7) is 4.01. The van der Waals surface area contributed by atoms with Crippen molar-refractivity contribution < 1.29 is 21.8 Å². The Labute approximate surface area is 141 Å². The van der Waals surface area contributed by atoms with Gasteiger partial charge in [0.05, 0.1) is 19.0 Å². The summed E-state index contributed by atoms with van der Waals surface area (Å²) in [4.78, 5) is 16.1. The topological polar surface area (TPSA) is 66.9 Å². The number of halogens is 1. The Morgan fingerprint density at radius 1 is 1.21 bits per heavy atom. The summed E-state index contributed by atoms with van der Waals surface area (Å²) in [5.41, 5.74) is 1.80. The van der Waals surface area contributed by atoms with Gasteiger partial charge in [-0.05, 0) is 11.6 Å². The molecule has 0 saturated carbocycles. The predicted octanol–water partition coefficient (Wildman–Crippen LogP) is 1.17. The fraction of sp³-hybridized carbons (Fsp3) is 0.562. The molecule has 8 heteroatoms. The largest absolute Gasteiger partial charge is 0.379 e. The molecule has 0 aromatic heterocycles. The zero-order valence-corrected chi connectivity index (χ0v) is 14.2. The highest BCUT2D eigenvalue weighted by molar-refractivity contribution is 7.86. The van der Waals surface area contributed by atoms with E-state index in [-0.39, 0.29) is 18.9 Å². The molecule has 132 valence electrons. The van der Waals surface area contributed by atoms with Crippen LogP contribution in [0.4, 0.5) is 9.57 Å². The number of hydrogen-bond acceptors (Lipinski definition) is 5.